The van der Waals surface area contributed by atoms with Crippen molar-refractivity contribution in [3.63, 3.8) is 0 Å². The molecule has 0 saturated carbocycles. The van der Waals surface area contributed by atoms with Gasteiger partial charge < -0.3 is 0 Å². The molecule has 2 aromatic rings. The summed E-state index contributed by atoms with van der Waals surface area (Å²) in [5.74, 6) is 0.286. The van der Waals surface area contributed by atoms with Crippen LogP contribution in [0.25, 0.3) is 10.9 Å². The molecule has 3 rings (SSSR count). The highest BCUT2D eigenvalue weighted by atomic mass is 16.1. The molecule has 3 heteroatoms. The minimum Gasteiger partial charge on any atom is -0.300 e. The van der Waals surface area contributed by atoms with Crippen molar-refractivity contribution in [3.05, 3.63) is 42.1 Å². The molecule has 0 radical (unpaired) electrons. The summed E-state index contributed by atoms with van der Waals surface area (Å²) >= 11 is 0. The number of fused-ring (bicyclic) bond motifs is 1. The van der Waals surface area contributed by atoms with Crippen LogP contribution in [0.3, 0.4) is 0 Å². The van der Waals surface area contributed by atoms with E-state index in [0.717, 1.165) is 30.7 Å². The molecule has 1 aromatic carbocycles. The van der Waals surface area contributed by atoms with Gasteiger partial charge in [0.1, 0.15) is 5.78 Å². The zero-order valence-corrected chi connectivity index (χ0v) is 11.9. The highest BCUT2D eigenvalue weighted by molar-refractivity contribution is 5.78. The predicted molar refractivity (Wildman–Crippen MR) is 80.5 cm³/mol. The number of ketones is 1. The molecule has 0 aliphatic carbocycles. The number of hydrogen-bond donors (Lipinski definition) is 0. The van der Waals surface area contributed by atoms with Crippen LogP contribution in [0.1, 0.15) is 31.9 Å². The van der Waals surface area contributed by atoms with Crippen molar-refractivity contribution < 1.29 is 4.79 Å². The predicted octanol–water partition coefficient (Wildman–Crippen LogP) is 3.18. The molecule has 1 aromatic heterocycles. The van der Waals surface area contributed by atoms with Crippen LogP contribution in [0.2, 0.25) is 0 Å². The Kier molecular flexibility index (Phi) is 3.79. The number of carbonyl (C=O) groups excluding carboxylic acids is 1. The van der Waals surface area contributed by atoms with Gasteiger partial charge >= 0.3 is 0 Å². The Morgan fingerprint density at radius 3 is 3.00 bits per heavy atom. The Labute approximate surface area is 119 Å². The SMILES string of the molecule is CC(=O)CC1CCCN1Cc1ccc2ccccc2n1. The van der Waals surface area contributed by atoms with Crippen molar-refractivity contribution >= 4 is 16.7 Å². The van der Waals surface area contributed by atoms with Gasteiger partial charge in [-0.1, -0.05) is 24.3 Å². The molecule has 20 heavy (non-hydrogen) atoms. The average molecular weight is 268 g/mol. The lowest BCUT2D eigenvalue weighted by molar-refractivity contribution is -0.118. The zero-order valence-electron chi connectivity index (χ0n) is 11.9. The Morgan fingerprint density at radius 1 is 1.30 bits per heavy atom. The van der Waals surface area contributed by atoms with E-state index in [0.29, 0.717) is 12.5 Å². The zero-order chi connectivity index (χ0) is 13.9. The van der Waals surface area contributed by atoms with Gasteiger partial charge in [0.15, 0.2) is 0 Å². The molecule has 1 aliphatic rings. The number of carbonyl (C=O) groups is 1. The molecule has 1 fully saturated rings. The van der Waals surface area contributed by atoms with E-state index in [9.17, 15) is 4.79 Å². The van der Waals surface area contributed by atoms with E-state index in [1.54, 1.807) is 6.92 Å². The van der Waals surface area contributed by atoms with Crippen molar-refractivity contribution in [2.45, 2.75) is 38.8 Å². The molecule has 104 valence electrons. The minimum absolute atomic E-state index is 0.286. The van der Waals surface area contributed by atoms with Gasteiger partial charge in [0.2, 0.25) is 0 Å². The highest BCUT2D eigenvalue weighted by Crippen LogP contribution is 2.23. The number of rotatable bonds is 4. The van der Waals surface area contributed by atoms with E-state index in [4.69, 9.17) is 4.98 Å². The van der Waals surface area contributed by atoms with Crippen LogP contribution in [0, 0.1) is 0 Å². The topological polar surface area (TPSA) is 33.2 Å². The first-order valence-electron chi connectivity index (χ1n) is 7.30. The van der Waals surface area contributed by atoms with Crippen LogP contribution in [0.4, 0.5) is 0 Å². The Bertz CT molecular complexity index is 623. The van der Waals surface area contributed by atoms with Gasteiger partial charge in [0.05, 0.1) is 11.2 Å². The standard InChI is InChI=1S/C17H20N2O/c1-13(20)11-16-6-4-10-19(16)12-15-9-8-14-5-2-3-7-17(14)18-15/h2-3,5,7-9,16H,4,6,10-12H2,1H3. The second kappa shape index (κ2) is 5.71. The highest BCUT2D eigenvalue weighted by Gasteiger charge is 2.25. The Morgan fingerprint density at radius 2 is 2.15 bits per heavy atom. The maximum atomic E-state index is 11.3. The van der Waals surface area contributed by atoms with E-state index in [-0.39, 0.29) is 5.78 Å². The lowest BCUT2D eigenvalue weighted by Crippen LogP contribution is -2.30. The van der Waals surface area contributed by atoms with E-state index >= 15 is 0 Å². The van der Waals surface area contributed by atoms with Gasteiger partial charge in [-0.15, -0.1) is 0 Å². The molecule has 0 spiro atoms. The number of pyridine rings is 1. The summed E-state index contributed by atoms with van der Waals surface area (Å²) < 4.78 is 0. The van der Waals surface area contributed by atoms with Gasteiger partial charge in [0, 0.05) is 24.4 Å². The number of para-hydroxylation sites is 1. The number of likely N-dealkylation sites (tertiary alicyclic amines) is 1. The third kappa shape index (κ3) is 2.88. The van der Waals surface area contributed by atoms with Crippen LogP contribution < -0.4 is 0 Å². The molecule has 3 nitrogen and oxygen atoms in total. The molecule has 0 amide bonds. The fourth-order valence-corrected chi connectivity index (χ4v) is 3.07. The Balaban J connectivity index is 1.76. The number of aromatic nitrogens is 1. The molecule has 2 heterocycles. The third-order valence-electron chi connectivity index (χ3n) is 4.04. The van der Waals surface area contributed by atoms with Gasteiger partial charge in [-0.2, -0.15) is 0 Å². The first-order valence-corrected chi connectivity index (χ1v) is 7.30. The molecule has 1 saturated heterocycles. The molecule has 1 atom stereocenters. The van der Waals surface area contributed by atoms with E-state index < -0.39 is 0 Å². The normalized spacial score (nSPS) is 19.6. The van der Waals surface area contributed by atoms with Crippen molar-refractivity contribution in [1.82, 2.24) is 9.88 Å². The summed E-state index contributed by atoms with van der Waals surface area (Å²) in [6.45, 7) is 3.61. The van der Waals surface area contributed by atoms with Crippen LogP contribution in [0.5, 0.6) is 0 Å². The monoisotopic (exact) mass is 268 g/mol. The molecule has 0 N–H and O–H groups in total. The van der Waals surface area contributed by atoms with Crippen LogP contribution >= 0.6 is 0 Å². The number of Topliss-reactive ketones (excluding diaryl/α,β-unsaturated/α-hetero) is 1. The van der Waals surface area contributed by atoms with Crippen molar-refractivity contribution in [3.8, 4) is 0 Å². The van der Waals surface area contributed by atoms with Gasteiger partial charge in [-0.3, -0.25) is 14.7 Å². The lowest BCUT2D eigenvalue weighted by Gasteiger charge is -2.23. The largest absolute Gasteiger partial charge is 0.300 e. The van der Waals surface area contributed by atoms with E-state index in [2.05, 4.69) is 29.2 Å². The van der Waals surface area contributed by atoms with Gasteiger partial charge in [-0.05, 0) is 38.4 Å². The first-order chi connectivity index (χ1) is 9.72. The average Bonchev–Trinajstić information content (AvgIpc) is 2.85. The Hall–Kier alpha value is -1.74. The lowest BCUT2D eigenvalue weighted by atomic mass is 10.1. The van der Waals surface area contributed by atoms with E-state index in [1.807, 2.05) is 12.1 Å². The summed E-state index contributed by atoms with van der Waals surface area (Å²) in [6.07, 6.45) is 2.99. The maximum absolute atomic E-state index is 11.3. The number of benzene rings is 1. The quantitative estimate of drug-likeness (QED) is 0.854. The van der Waals surface area contributed by atoms with Crippen LogP contribution in [-0.4, -0.2) is 28.3 Å². The second-order valence-electron chi connectivity index (χ2n) is 5.67. The van der Waals surface area contributed by atoms with Crippen LogP contribution in [-0.2, 0) is 11.3 Å². The summed E-state index contributed by atoms with van der Waals surface area (Å²) in [5.41, 5.74) is 2.14. The molecular weight excluding hydrogens is 248 g/mol. The second-order valence-corrected chi connectivity index (χ2v) is 5.67. The molecule has 1 aliphatic heterocycles. The van der Waals surface area contributed by atoms with Gasteiger partial charge in [-0.25, -0.2) is 0 Å². The maximum Gasteiger partial charge on any atom is 0.131 e. The molecule has 1 unspecified atom stereocenters. The molecular formula is C17H20N2O. The van der Waals surface area contributed by atoms with Crippen molar-refractivity contribution in [2.75, 3.05) is 6.54 Å². The summed E-state index contributed by atoms with van der Waals surface area (Å²) in [7, 11) is 0. The van der Waals surface area contributed by atoms with Crippen molar-refractivity contribution in [2.24, 2.45) is 0 Å². The van der Waals surface area contributed by atoms with Crippen LogP contribution in [0.15, 0.2) is 36.4 Å². The number of nitrogens with zero attached hydrogens (tertiary/aromatic N) is 2. The fourth-order valence-electron chi connectivity index (χ4n) is 3.07. The smallest absolute Gasteiger partial charge is 0.131 e. The summed E-state index contributed by atoms with van der Waals surface area (Å²) in [6, 6.07) is 12.8. The third-order valence-corrected chi connectivity index (χ3v) is 4.04. The number of hydrogen-bond acceptors (Lipinski definition) is 3. The molecule has 0 bridgehead atoms. The fraction of sp³-hybridized carbons (Fsp3) is 0.412. The van der Waals surface area contributed by atoms with Gasteiger partial charge in [0.25, 0.3) is 0 Å². The summed E-state index contributed by atoms with van der Waals surface area (Å²) in [5, 5.41) is 1.18. The first kappa shape index (κ1) is 13.3. The van der Waals surface area contributed by atoms with Crippen molar-refractivity contribution in [1.29, 1.82) is 0 Å². The van der Waals surface area contributed by atoms with E-state index in [1.165, 1.54) is 11.8 Å². The summed E-state index contributed by atoms with van der Waals surface area (Å²) in [4.78, 5) is 18.5. The minimum atomic E-state index is 0.286.